The topological polar surface area (TPSA) is 75.6 Å². The number of rotatable bonds is 7. The van der Waals surface area contributed by atoms with Crippen molar-refractivity contribution in [3.63, 3.8) is 0 Å². The Balaban J connectivity index is 2.23. The summed E-state index contributed by atoms with van der Waals surface area (Å²) in [7, 11) is 0. The number of ether oxygens (including phenoxy) is 1. The third-order valence-corrected chi connectivity index (χ3v) is 4.06. The van der Waals surface area contributed by atoms with Gasteiger partial charge in [-0.05, 0) is 44.4 Å². The van der Waals surface area contributed by atoms with E-state index in [4.69, 9.17) is 9.84 Å². The van der Waals surface area contributed by atoms with Crippen molar-refractivity contribution in [3.8, 4) is 11.1 Å². The van der Waals surface area contributed by atoms with Crippen molar-refractivity contribution in [1.82, 2.24) is 5.32 Å². The van der Waals surface area contributed by atoms with Crippen LogP contribution in [0.5, 0.6) is 0 Å². The van der Waals surface area contributed by atoms with Crippen LogP contribution < -0.4 is 5.32 Å². The molecule has 0 radical (unpaired) electrons. The predicted molar refractivity (Wildman–Crippen MR) is 110 cm³/mol. The number of hydrogen-bond donors (Lipinski definition) is 2. The largest absolute Gasteiger partial charge is 0.478 e. The molecule has 0 heterocycles. The number of carboxylic acids is 1. The fraction of sp³-hybridized carbons (Fsp3) is 0.304. The van der Waals surface area contributed by atoms with Crippen LogP contribution in [-0.2, 0) is 14.3 Å². The molecule has 0 aromatic heterocycles. The molecule has 0 aliphatic carbocycles. The molecule has 0 aliphatic heterocycles. The molecule has 0 amide bonds. The zero-order chi connectivity index (χ0) is 20.7. The zero-order valence-corrected chi connectivity index (χ0v) is 16.7. The Kier molecular flexibility index (Phi) is 7.12. The quantitative estimate of drug-likeness (QED) is 0.551. The lowest BCUT2D eigenvalue weighted by Crippen LogP contribution is -2.35. The van der Waals surface area contributed by atoms with Crippen LogP contribution in [0.25, 0.3) is 11.1 Å². The first kappa shape index (κ1) is 21.4. The Bertz CT molecular complexity index is 833. The van der Waals surface area contributed by atoms with E-state index in [1.165, 1.54) is 13.0 Å². The van der Waals surface area contributed by atoms with Gasteiger partial charge in [-0.2, -0.15) is 0 Å². The lowest BCUT2D eigenvalue weighted by Gasteiger charge is -2.25. The molecule has 5 heteroatoms. The summed E-state index contributed by atoms with van der Waals surface area (Å²) in [5.41, 5.74) is 2.50. The summed E-state index contributed by atoms with van der Waals surface area (Å²) in [5.74, 6) is -1.39. The van der Waals surface area contributed by atoms with Crippen LogP contribution in [0, 0.1) is 0 Å². The third-order valence-electron chi connectivity index (χ3n) is 4.06. The maximum atomic E-state index is 12.7. The minimum absolute atomic E-state index is 0.217. The van der Waals surface area contributed by atoms with E-state index in [0.717, 1.165) is 16.7 Å². The lowest BCUT2D eigenvalue weighted by molar-refractivity contribution is -0.157. The van der Waals surface area contributed by atoms with E-state index in [0.29, 0.717) is 0 Å². The highest BCUT2D eigenvalue weighted by Gasteiger charge is 2.26. The molecule has 28 heavy (non-hydrogen) atoms. The summed E-state index contributed by atoms with van der Waals surface area (Å²) >= 11 is 0. The van der Waals surface area contributed by atoms with Crippen molar-refractivity contribution >= 4 is 11.9 Å². The molecular formula is C23H27NO4. The van der Waals surface area contributed by atoms with Crippen LogP contribution >= 0.6 is 0 Å². The third kappa shape index (κ3) is 6.35. The molecule has 0 bridgehead atoms. The molecule has 0 fully saturated rings. The van der Waals surface area contributed by atoms with E-state index < -0.39 is 23.6 Å². The Hall–Kier alpha value is -2.92. The molecule has 148 valence electrons. The standard InChI is InChI=1S/C23H27NO4/c1-16(21(25)26)14-15-24-20(22(27)28-23(2,3)4)19-12-10-18(11-13-19)17-8-6-5-7-9-17/h5-14,20,24H,15H2,1-4H3,(H,25,26). The molecule has 5 nitrogen and oxygen atoms in total. The smallest absolute Gasteiger partial charge is 0.330 e. The van der Waals surface area contributed by atoms with Gasteiger partial charge in [0.2, 0.25) is 0 Å². The molecule has 2 rings (SSSR count). The van der Waals surface area contributed by atoms with Crippen molar-refractivity contribution in [2.24, 2.45) is 0 Å². The van der Waals surface area contributed by atoms with Gasteiger partial charge < -0.3 is 9.84 Å². The van der Waals surface area contributed by atoms with E-state index in [2.05, 4.69) is 5.32 Å². The number of carbonyl (C=O) groups is 2. The van der Waals surface area contributed by atoms with E-state index in [1.54, 1.807) is 0 Å². The van der Waals surface area contributed by atoms with E-state index >= 15 is 0 Å². The Morgan fingerprint density at radius 1 is 1.04 bits per heavy atom. The molecule has 2 aromatic rings. The van der Waals surface area contributed by atoms with Crippen LogP contribution in [0.1, 0.15) is 39.3 Å². The van der Waals surface area contributed by atoms with Crippen LogP contribution in [0.3, 0.4) is 0 Å². The van der Waals surface area contributed by atoms with Crippen LogP contribution in [0.2, 0.25) is 0 Å². The molecule has 0 saturated heterocycles. The van der Waals surface area contributed by atoms with E-state index in [-0.39, 0.29) is 12.1 Å². The molecule has 2 aromatic carbocycles. The maximum Gasteiger partial charge on any atom is 0.330 e. The number of benzene rings is 2. The van der Waals surface area contributed by atoms with Crippen molar-refractivity contribution < 1.29 is 19.4 Å². The van der Waals surface area contributed by atoms with Crippen LogP contribution in [0.15, 0.2) is 66.2 Å². The monoisotopic (exact) mass is 381 g/mol. The Labute approximate surface area is 166 Å². The molecule has 1 unspecified atom stereocenters. The number of hydrogen-bond acceptors (Lipinski definition) is 4. The van der Waals surface area contributed by atoms with Gasteiger partial charge in [0.05, 0.1) is 0 Å². The summed E-state index contributed by atoms with van der Waals surface area (Å²) in [6.07, 6.45) is 1.54. The number of aliphatic carboxylic acids is 1. The number of nitrogens with one attached hydrogen (secondary N) is 1. The van der Waals surface area contributed by atoms with Crippen molar-refractivity contribution in [2.45, 2.75) is 39.3 Å². The fourth-order valence-corrected chi connectivity index (χ4v) is 2.61. The van der Waals surface area contributed by atoms with Gasteiger partial charge in [-0.15, -0.1) is 0 Å². The maximum absolute atomic E-state index is 12.7. The molecule has 1 atom stereocenters. The molecule has 2 N–H and O–H groups in total. The van der Waals surface area contributed by atoms with Crippen molar-refractivity contribution in [3.05, 3.63) is 71.8 Å². The number of carboxylic acid groups (broad SMARTS) is 1. The van der Waals surface area contributed by atoms with Crippen molar-refractivity contribution in [1.29, 1.82) is 0 Å². The highest BCUT2D eigenvalue weighted by atomic mass is 16.6. The fourth-order valence-electron chi connectivity index (χ4n) is 2.61. The van der Waals surface area contributed by atoms with Gasteiger partial charge in [-0.25, -0.2) is 9.59 Å². The minimum Gasteiger partial charge on any atom is -0.478 e. The first-order valence-electron chi connectivity index (χ1n) is 9.19. The second-order valence-electron chi connectivity index (χ2n) is 7.56. The van der Waals surface area contributed by atoms with Gasteiger partial charge in [0.15, 0.2) is 0 Å². The first-order chi connectivity index (χ1) is 13.2. The average Bonchev–Trinajstić information content (AvgIpc) is 2.64. The predicted octanol–water partition coefficient (Wildman–Crippen LogP) is 4.36. The second kappa shape index (κ2) is 9.33. The van der Waals surface area contributed by atoms with Gasteiger partial charge in [0.25, 0.3) is 0 Å². The molecule has 0 saturated carbocycles. The number of carbonyl (C=O) groups excluding carboxylic acids is 1. The van der Waals surface area contributed by atoms with Crippen molar-refractivity contribution in [2.75, 3.05) is 6.54 Å². The van der Waals surface area contributed by atoms with E-state index in [9.17, 15) is 9.59 Å². The lowest BCUT2D eigenvalue weighted by atomic mass is 10.0. The summed E-state index contributed by atoms with van der Waals surface area (Å²) in [6.45, 7) is 7.20. The van der Waals surface area contributed by atoms with E-state index in [1.807, 2.05) is 75.4 Å². The summed E-state index contributed by atoms with van der Waals surface area (Å²) in [5, 5.41) is 12.1. The van der Waals surface area contributed by atoms with Crippen LogP contribution in [0.4, 0.5) is 0 Å². The highest BCUT2D eigenvalue weighted by molar-refractivity contribution is 5.85. The normalized spacial score (nSPS) is 13.1. The van der Waals surface area contributed by atoms with Gasteiger partial charge in [0.1, 0.15) is 11.6 Å². The summed E-state index contributed by atoms with van der Waals surface area (Å²) in [6, 6.07) is 17.0. The van der Waals surface area contributed by atoms with Gasteiger partial charge in [-0.3, -0.25) is 5.32 Å². The second-order valence-corrected chi connectivity index (χ2v) is 7.56. The first-order valence-corrected chi connectivity index (χ1v) is 9.19. The Morgan fingerprint density at radius 2 is 1.61 bits per heavy atom. The highest BCUT2D eigenvalue weighted by Crippen LogP contribution is 2.24. The number of esters is 1. The average molecular weight is 381 g/mol. The molecular weight excluding hydrogens is 354 g/mol. The minimum atomic E-state index is -0.983. The van der Waals surface area contributed by atoms with Gasteiger partial charge in [0, 0.05) is 12.1 Å². The SMILES string of the molecule is CC(=CCNC(C(=O)OC(C)(C)C)c1ccc(-c2ccccc2)cc1)C(=O)O. The summed E-state index contributed by atoms with van der Waals surface area (Å²) < 4.78 is 5.54. The Morgan fingerprint density at radius 3 is 2.14 bits per heavy atom. The molecule has 0 spiro atoms. The van der Waals surface area contributed by atoms with Gasteiger partial charge >= 0.3 is 11.9 Å². The zero-order valence-electron chi connectivity index (χ0n) is 16.7. The van der Waals surface area contributed by atoms with Gasteiger partial charge in [-0.1, -0.05) is 60.7 Å². The summed E-state index contributed by atoms with van der Waals surface area (Å²) in [4.78, 5) is 23.7. The van der Waals surface area contributed by atoms with Crippen LogP contribution in [-0.4, -0.2) is 29.2 Å². The molecule has 0 aliphatic rings.